The molecule has 3 nitrogen and oxygen atoms in total. The Labute approximate surface area is 107 Å². The molecule has 1 saturated carbocycles. The van der Waals surface area contributed by atoms with Gasteiger partial charge in [0.15, 0.2) is 0 Å². The highest BCUT2D eigenvalue weighted by molar-refractivity contribution is 4.82. The van der Waals surface area contributed by atoms with E-state index in [2.05, 4.69) is 31.1 Å². The van der Waals surface area contributed by atoms with Crippen LogP contribution in [0.25, 0.3) is 0 Å². The normalized spacial score (nSPS) is 25.4. The molecule has 2 atom stereocenters. The van der Waals surface area contributed by atoms with Crippen molar-refractivity contribution in [2.45, 2.75) is 45.6 Å². The Morgan fingerprint density at radius 2 is 2.00 bits per heavy atom. The Balaban J connectivity index is 2.31. The van der Waals surface area contributed by atoms with E-state index in [1.165, 1.54) is 32.2 Å². The van der Waals surface area contributed by atoms with Crippen LogP contribution in [0.1, 0.15) is 39.5 Å². The van der Waals surface area contributed by atoms with Crippen molar-refractivity contribution in [1.29, 1.82) is 0 Å². The zero-order chi connectivity index (χ0) is 12.5. The van der Waals surface area contributed by atoms with Crippen LogP contribution in [0.2, 0.25) is 0 Å². The minimum absolute atomic E-state index is 0.727. The van der Waals surface area contributed by atoms with Gasteiger partial charge in [-0.15, -0.1) is 0 Å². The van der Waals surface area contributed by atoms with Crippen LogP contribution >= 0.6 is 0 Å². The minimum Gasteiger partial charge on any atom is -0.380 e. The zero-order valence-corrected chi connectivity index (χ0v) is 11.9. The summed E-state index contributed by atoms with van der Waals surface area (Å²) in [6.45, 7) is 9.48. The van der Waals surface area contributed by atoms with Gasteiger partial charge in [-0.2, -0.15) is 0 Å². The van der Waals surface area contributed by atoms with Gasteiger partial charge in [0.2, 0.25) is 0 Å². The molecule has 0 aliphatic heterocycles. The highest BCUT2D eigenvalue weighted by atomic mass is 16.5. The Morgan fingerprint density at radius 3 is 2.65 bits per heavy atom. The predicted octanol–water partition coefficient (Wildman–Crippen LogP) is 2.12. The maximum absolute atomic E-state index is 5.45. The highest BCUT2D eigenvalue weighted by Crippen LogP contribution is 2.24. The molecule has 0 saturated heterocycles. The molecule has 0 aromatic heterocycles. The number of nitrogens with zero attached hydrogens (tertiary/aromatic N) is 1. The van der Waals surface area contributed by atoms with Crippen molar-refractivity contribution in [2.24, 2.45) is 5.92 Å². The summed E-state index contributed by atoms with van der Waals surface area (Å²) in [6, 6.07) is 0.727. The first-order valence-corrected chi connectivity index (χ1v) is 7.29. The Morgan fingerprint density at radius 1 is 1.24 bits per heavy atom. The van der Waals surface area contributed by atoms with Crippen LogP contribution in [0.5, 0.6) is 0 Å². The Bertz CT molecular complexity index is 187. The van der Waals surface area contributed by atoms with Gasteiger partial charge in [0.25, 0.3) is 0 Å². The van der Waals surface area contributed by atoms with E-state index in [4.69, 9.17) is 4.74 Å². The number of hydrogen-bond donors (Lipinski definition) is 1. The third kappa shape index (κ3) is 5.36. The number of ether oxygens (including phenoxy) is 1. The summed E-state index contributed by atoms with van der Waals surface area (Å²) in [7, 11) is 2.11. The Hall–Kier alpha value is -0.120. The summed E-state index contributed by atoms with van der Waals surface area (Å²) >= 11 is 0. The monoisotopic (exact) mass is 242 g/mol. The van der Waals surface area contributed by atoms with Crippen LogP contribution in [-0.2, 0) is 4.74 Å². The van der Waals surface area contributed by atoms with E-state index >= 15 is 0 Å². The number of rotatable bonds is 8. The lowest BCUT2D eigenvalue weighted by Crippen LogP contribution is -2.43. The second kappa shape index (κ2) is 8.90. The minimum atomic E-state index is 0.727. The molecular weight excluding hydrogens is 212 g/mol. The average molecular weight is 242 g/mol. The summed E-state index contributed by atoms with van der Waals surface area (Å²) in [5.74, 6) is 0.829. The largest absolute Gasteiger partial charge is 0.380 e. The lowest BCUT2D eigenvalue weighted by atomic mass is 9.84. The Kier molecular flexibility index (Phi) is 7.82. The summed E-state index contributed by atoms with van der Waals surface area (Å²) in [4.78, 5) is 2.54. The molecule has 3 heteroatoms. The predicted molar refractivity (Wildman–Crippen MR) is 73.4 cm³/mol. The molecule has 0 bridgehead atoms. The second-order valence-corrected chi connectivity index (χ2v) is 5.03. The molecule has 0 radical (unpaired) electrons. The van der Waals surface area contributed by atoms with E-state index in [9.17, 15) is 0 Å². The van der Waals surface area contributed by atoms with Crippen molar-refractivity contribution in [2.75, 3.05) is 39.9 Å². The van der Waals surface area contributed by atoms with E-state index in [-0.39, 0.29) is 0 Å². The van der Waals surface area contributed by atoms with Crippen molar-refractivity contribution in [1.82, 2.24) is 10.2 Å². The van der Waals surface area contributed by atoms with E-state index in [1.807, 2.05) is 0 Å². The quantitative estimate of drug-likeness (QED) is 0.660. The molecule has 1 rings (SSSR count). The van der Waals surface area contributed by atoms with Gasteiger partial charge < -0.3 is 15.0 Å². The molecule has 1 fully saturated rings. The summed E-state index contributed by atoms with van der Waals surface area (Å²) in [6.07, 6.45) is 5.54. The third-order valence-corrected chi connectivity index (χ3v) is 3.98. The first kappa shape index (κ1) is 14.9. The van der Waals surface area contributed by atoms with E-state index in [0.29, 0.717) is 0 Å². The molecule has 1 aliphatic carbocycles. The van der Waals surface area contributed by atoms with Gasteiger partial charge in [-0.05, 0) is 39.3 Å². The summed E-state index contributed by atoms with van der Waals surface area (Å²) in [5, 5.41) is 3.49. The number of nitrogens with one attached hydrogen (secondary N) is 1. The molecule has 102 valence electrons. The fourth-order valence-corrected chi connectivity index (χ4v) is 2.85. The van der Waals surface area contributed by atoms with Gasteiger partial charge in [-0.1, -0.05) is 19.8 Å². The summed E-state index contributed by atoms with van der Waals surface area (Å²) < 4.78 is 5.45. The van der Waals surface area contributed by atoms with Gasteiger partial charge in [-0.25, -0.2) is 0 Å². The first-order valence-electron chi connectivity index (χ1n) is 7.29. The SMILES string of the molecule is CCOCCN(CC)CC1CCCCC1NC. The van der Waals surface area contributed by atoms with E-state index in [0.717, 1.165) is 38.3 Å². The molecule has 1 N–H and O–H groups in total. The van der Waals surface area contributed by atoms with E-state index < -0.39 is 0 Å². The maximum atomic E-state index is 5.45. The van der Waals surface area contributed by atoms with E-state index in [1.54, 1.807) is 0 Å². The van der Waals surface area contributed by atoms with Crippen molar-refractivity contribution in [3.63, 3.8) is 0 Å². The van der Waals surface area contributed by atoms with Crippen LogP contribution in [0.15, 0.2) is 0 Å². The topological polar surface area (TPSA) is 24.5 Å². The van der Waals surface area contributed by atoms with Gasteiger partial charge in [0.05, 0.1) is 6.61 Å². The number of hydrogen-bond acceptors (Lipinski definition) is 3. The van der Waals surface area contributed by atoms with Crippen LogP contribution in [-0.4, -0.2) is 50.8 Å². The molecule has 0 spiro atoms. The molecular formula is C14H30N2O. The molecule has 2 unspecified atom stereocenters. The molecule has 17 heavy (non-hydrogen) atoms. The lowest BCUT2D eigenvalue weighted by molar-refractivity contribution is 0.0993. The smallest absolute Gasteiger partial charge is 0.0593 e. The van der Waals surface area contributed by atoms with Crippen LogP contribution in [0, 0.1) is 5.92 Å². The van der Waals surface area contributed by atoms with Crippen molar-refractivity contribution in [3.8, 4) is 0 Å². The van der Waals surface area contributed by atoms with Gasteiger partial charge in [-0.3, -0.25) is 0 Å². The molecule has 0 heterocycles. The van der Waals surface area contributed by atoms with Crippen molar-refractivity contribution in [3.05, 3.63) is 0 Å². The molecule has 0 aromatic carbocycles. The average Bonchev–Trinajstić information content (AvgIpc) is 2.38. The second-order valence-electron chi connectivity index (χ2n) is 5.03. The van der Waals surface area contributed by atoms with Crippen molar-refractivity contribution < 1.29 is 4.74 Å². The first-order chi connectivity index (χ1) is 8.31. The van der Waals surface area contributed by atoms with Gasteiger partial charge >= 0.3 is 0 Å². The highest BCUT2D eigenvalue weighted by Gasteiger charge is 2.24. The molecule has 0 amide bonds. The van der Waals surface area contributed by atoms with Gasteiger partial charge in [0.1, 0.15) is 0 Å². The van der Waals surface area contributed by atoms with Gasteiger partial charge in [0, 0.05) is 25.7 Å². The maximum Gasteiger partial charge on any atom is 0.0593 e. The zero-order valence-electron chi connectivity index (χ0n) is 11.9. The number of likely N-dealkylation sites (N-methyl/N-ethyl adjacent to an activating group) is 1. The van der Waals surface area contributed by atoms with Crippen molar-refractivity contribution >= 4 is 0 Å². The molecule has 0 aromatic rings. The fraction of sp³-hybridized carbons (Fsp3) is 1.00. The molecule has 1 aliphatic rings. The fourth-order valence-electron chi connectivity index (χ4n) is 2.85. The van der Waals surface area contributed by atoms with Crippen LogP contribution in [0.3, 0.4) is 0 Å². The standard InChI is InChI=1S/C14H30N2O/c1-4-16(10-11-17-5-2)12-13-8-6-7-9-14(13)15-3/h13-15H,4-12H2,1-3H3. The lowest BCUT2D eigenvalue weighted by Gasteiger charge is -2.35. The summed E-state index contributed by atoms with van der Waals surface area (Å²) in [5.41, 5.74) is 0. The van der Waals surface area contributed by atoms with Crippen LogP contribution < -0.4 is 5.32 Å². The third-order valence-electron chi connectivity index (χ3n) is 3.98. The van der Waals surface area contributed by atoms with Crippen LogP contribution in [0.4, 0.5) is 0 Å².